The molecule has 1 saturated heterocycles. The quantitative estimate of drug-likeness (QED) is 0.579. The molecule has 3 aromatic rings. The summed E-state index contributed by atoms with van der Waals surface area (Å²) < 4.78 is 33.3. The van der Waals surface area contributed by atoms with Gasteiger partial charge in [0.1, 0.15) is 6.07 Å². The Morgan fingerprint density at radius 2 is 1.91 bits per heavy atom. The van der Waals surface area contributed by atoms with Gasteiger partial charge in [-0.15, -0.1) is 0 Å². The highest BCUT2D eigenvalue weighted by atomic mass is 32.2. The summed E-state index contributed by atoms with van der Waals surface area (Å²) in [6.07, 6.45) is 1.93. The minimum Gasteiger partial charge on any atom is -0.419 e. The number of rotatable bonds is 6. The molecule has 2 heterocycles. The van der Waals surface area contributed by atoms with Crippen molar-refractivity contribution in [1.82, 2.24) is 9.29 Å². The van der Waals surface area contributed by atoms with E-state index in [0.29, 0.717) is 24.6 Å². The zero-order valence-corrected chi connectivity index (χ0v) is 19.0. The summed E-state index contributed by atoms with van der Waals surface area (Å²) in [5.74, 6) is 0.913. The second kappa shape index (κ2) is 9.15. The van der Waals surface area contributed by atoms with Crippen LogP contribution in [0.15, 0.2) is 63.9 Å². The van der Waals surface area contributed by atoms with Gasteiger partial charge in [0.25, 0.3) is 0 Å². The lowest BCUT2D eigenvalue weighted by Gasteiger charge is -2.30. The first kappa shape index (κ1) is 22.1. The Hall–Kier alpha value is -3.15. The van der Waals surface area contributed by atoms with E-state index < -0.39 is 10.0 Å². The van der Waals surface area contributed by atoms with Gasteiger partial charge in [0.05, 0.1) is 10.9 Å². The maximum absolute atomic E-state index is 13.0. The number of nitriles is 1. The van der Waals surface area contributed by atoms with Crippen molar-refractivity contribution in [3.05, 3.63) is 65.9 Å². The van der Waals surface area contributed by atoms with Crippen molar-refractivity contribution in [3.63, 3.8) is 0 Å². The number of aromatic nitrogens is 1. The second-order valence-electron chi connectivity index (χ2n) is 8.22. The average molecular weight is 451 g/mol. The summed E-state index contributed by atoms with van der Waals surface area (Å²) in [7, 11) is -3.53. The molecule has 0 saturated carbocycles. The van der Waals surface area contributed by atoms with Crippen molar-refractivity contribution >= 4 is 15.9 Å². The van der Waals surface area contributed by atoms with Crippen molar-refractivity contribution in [2.24, 2.45) is 5.92 Å². The molecule has 0 radical (unpaired) electrons. The van der Waals surface area contributed by atoms with Crippen LogP contribution < -0.4 is 5.32 Å². The highest BCUT2D eigenvalue weighted by Crippen LogP contribution is 2.30. The standard InChI is InChI=1S/C24H26N4O3S/c1-17-7-6-14-28(16-17)32(29,30)21-12-10-20(11-13-21)23-27-22(15-25)24(31-23)26-18(2)19-8-4-3-5-9-19/h3-5,8-13,17-18,26H,6-7,14,16H2,1-2H3/t17-,18+/m1/s1. The molecule has 0 bridgehead atoms. The number of nitrogens with zero attached hydrogens (tertiary/aromatic N) is 3. The molecular weight excluding hydrogens is 424 g/mol. The van der Waals surface area contributed by atoms with Crippen molar-refractivity contribution in [3.8, 4) is 17.5 Å². The number of sulfonamides is 1. The molecule has 0 aliphatic carbocycles. The van der Waals surface area contributed by atoms with Crippen molar-refractivity contribution in [1.29, 1.82) is 5.26 Å². The van der Waals surface area contributed by atoms with Crippen molar-refractivity contribution < 1.29 is 12.8 Å². The molecular formula is C24H26N4O3S. The van der Waals surface area contributed by atoms with E-state index in [9.17, 15) is 13.7 Å². The summed E-state index contributed by atoms with van der Waals surface area (Å²) in [4.78, 5) is 4.54. The van der Waals surface area contributed by atoms with E-state index in [0.717, 1.165) is 18.4 Å². The Balaban J connectivity index is 1.55. The molecule has 8 heteroatoms. The minimum atomic E-state index is -3.53. The van der Waals surface area contributed by atoms with Crippen LogP contribution in [0.4, 0.5) is 5.88 Å². The van der Waals surface area contributed by atoms with Gasteiger partial charge in [-0.05, 0) is 55.5 Å². The summed E-state index contributed by atoms with van der Waals surface area (Å²) in [6, 6.07) is 18.3. The summed E-state index contributed by atoms with van der Waals surface area (Å²) in [6.45, 7) is 5.14. The molecule has 4 rings (SSSR count). The first-order chi connectivity index (χ1) is 15.4. The lowest BCUT2D eigenvalue weighted by molar-refractivity contribution is 0.281. The van der Waals surface area contributed by atoms with Crippen LogP contribution in [0.2, 0.25) is 0 Å². The number of hydrogen-bond acceptors (Lipinski definition) is 6. The lowest BCUT2D eigenvalue weighted by Crippen LogP contribution is -2.39. The first-order valence-corrected chi connectivity index (χ1v) is 12.2. The topological polar surface area (TPSA) is 99.2 Å². The fourth-order valence-electron chi connectivity index (χ4n) is 3.92. The van der Waals surface area contributed by atoms with Crippen LogP contribution in [0.5, 0.6) is 0 Å². The first-order valence-electron chi connectivity index (χ1n) is 10.7. The van der Waals surface area contributed by atoms with E-state index in [1.807, 2.05) is 37.3 Å². The third-order valence-electron chi connectivity index (χ3n) is 5.74. The van der Waals surface area contributed by atoms with Gasteiger partial charge in [0, 0.05) is 18.7 Å². The Morgan fingerprint density at radius 3 is 2.56 bits per heavy atom. The van der Waals surface area contributed by atoms with Gasteiger partial charge in [-0.2, -0.15) is 14.6 Å². The van der Waals surface area contributed by atoms with Crippen LogP contribution >= 0.6 is 0 Å². The third-order valence-corrected chi connectivity index (χ3v) is 7.62. The van der Waals surface area contributed by atoms with E-state index in [-0.39, 0.29) is 28.4 Å². The Morgan fingerprint density at radius 1 is 1.19 bits per heavy atom. The zero-order valence-electron chi connectivity index (χ0n) is 18.2. The molecule has 1 aliphatic heterocycles. The van der Waals surface area contributed by atoms with Gasteiger partial charge in [-0.3, -0.25) is 0 Å². The molecule has 2 aromatic carbocycles. The molecule has 1 fully saturated rings. The maximum atomic E-state index is 13.0. The summed E-state index contributed by atoms with van der Waals surface area (Å²) in [5.41, 5.74) is 1.81. The summed E-state index contributed by atoms with van der Waals surface area (Å²) >= 11 is 0. The van der Waals surface area contributed by atoms with E-state index in [2.05, 4.69) is 23.3 Å². The number of hydrogen-bond donors (Lipinski definition) is 1. The molecule has 1 aromatic heterocycles. The molecule has 1 aliphatic rings. The van der Waals surface area contributed by atoms with Crippen molar-refractivity contribution in [2.75, 3.05) is 18.4 Å². The predicted molar refractivity (Wildman–Crippen MR) is 122 cm³/mol. The van der Waals surface area contributed by atoms with Gasteiger partial charge in [0.2, 0.25) is 27.5 Å². The molecule has 0 amide bonds. The normalized spacial score (nSPS) is 18.1. The molecule has 166 valence electrons. The predicted octanol–water partition coefficient (Wildman–Crippen LogP) is 4.81. The number of benzene rings is 2. The third kappa shape index (κ3) is 4.54. The largest absolute Gasteiger partial charge is 0.419 e. The highest BCUT2D eigenvalue weighted by Gasteiger charge is 2.28. The Labute approximate surface area is 188 Å². The van der Waals surface area contributed by atoms with Gasteiger partial charge in [0.15, 0.2) is 0 Å². The Bertz CT molecular complexity index is 1210. The van der Waals surface area contributed by atoms with Gasteiger partial charge < -0.3 is 9.73 Å². The van der Waals surface area contributed by atoms with E-state index in [1.165, 1.54) is 0 Å². The molecule has 1 N–H and O–H groups in total. The van der Waals surface area contributed by atoms with Crippen molar-refractivity contribution in [2.45, 2.75) is 37.6 Å². The Kier molecular flexibility index (Phi) is 6.31. The smallest absolute Gasteiger partial charge is 0.243 e. The van der Waals surface area contributed by atoms with Gasteiger partial charge in [-0.25, -0.2) is 8.42 Å². The van der Waals surface area contributed by atoms with Crippen LogP contribution in [-0.4, -0.2) is 30.8 Å². The molecule has 0 spiro atoms. The van der Waals surface area contributed by atoms with Crippen LogP contribution in [0, 0.1) is 17.2 Å². The number of nitrogens with one attached hydrogen (secondary N) is 1. The average Bonchev–Trinajstić information content (AvgIpc) is 3.22. The van der Waals surface area contributed by atoms with Crippen LogP contribution in [-0.2, 0) is 10.0 Å². The lowest BCUT2D eigenvalue weighted by atomic mass is 10.0. The van der Waals surface area contributed by atoms with E-state index >= 15 is 0 Å². The number of piperidine rings is 1. The molecule has 2 atom stereocenters. The highest BCUT2D eigenvalue weighted by molar-refractivity contribution is 7.89. The number of oxazole rings is 1. The van der Waals surface area contributed by atoms with E-state index in [1.54, 1.807) is 28.6 Å². The second-order valence-corrected chi connectivity index (χ2v) is 10.2. The van der Waals surface area contributed by atoms with E-state index in [4.69, 9.17) is 4.42 Å². The number of anilines is 1. The molecule has 32 heavy (non-hydrogen) atoms. The summed E-state index contributed by atoms with van der Waals surface area (Å²) in [5, 5.41) is 12.7. The SMILES string of the molecule is C[C@@H]1CCCN(S(=O)(=O)c2ccc(-c3nc(C#N)c(N[C@@H](C)c4ccccc4)o3)cc2)C1. The van der Waals surface area contributed by atoms with Gasteiger partial charge >= 0.3 is 0 Å². The van der Waals surface area contributed by atoms with Crippen LogP contribution in [0.3, 0.4) is 0 Å². The fourth-order valence-corrected chi connectivity index (χ4v) is 5.52. The minimum absolute atomic E-state index is 0.0800. The molecule has 0 unspecified atom stereocenters. The molecule has 7 nitrogen and oxygen atoms in total. The zero-order chi connectivity index (χ0) is 22.7. The monoisotopic (exact) mass is 450 g/mol. The van der Waals surface area contributed by atoms with Gasteiger partial charge in [-0.1, -0.05) is 37.3 Å². The fraction of sp³-hybridized carbons (Fsp3) is 0.333. The maximum Gasteiger partial charge on any atom is 0.243 e. The van der Waals surface area contributed by atoms with Crippen LogP contribution in [0.25, 0.3) is 11.5 Å². The van der Waals surface area contributed by atoms with Crippen LogP contribution in [0.1, 0.15) is 44.0 Å².